The molecular formula is C12H14N4O2. The second-order valence-corrected chi connectivity index (χ2v) is 3.53. The van der Waals surface area contributed by atoms with E-state index in [1.165, 1.54) is 10.9 Å². The third-order valence-electron chi connectivity index (χ3n) is 2.32. The van der Waals surface area contributed by atoms with Crippen LogP contribution in [-0.2, 0) is 4.74 Å². The highest BCUT2D eigenvalue weighted by molar-refractivity contribution is 5.88. The minimum absolute atomic E-state index is 0.345. The number of nitrogens with zero attached hydrogens (tertiary/aromatic N) is 3. The van der Waals surface area contributed by atoms with Crippen molar-refractivity contribution < 1.29 is 9.53 Å². The summed E-state index contributed by atoms with van der Waals surface area (Å²) in [6, 6.07) is 5.52. The fourth-order valence-electron chi connectivity index (χ4n) is 1.46. The minimum Gasteiger partial charge on any atom is -0.462 e. The van der Waals surface area contributed by atoms with Gasteiger partial charge in [-0.1, -0.05) is 6.07 Å². The Kier molecular flexibility index (Phi) is 3.57. The third-order valence-corrected chi connectivity index (χ3v) is 2.32. The van der Waals surface area contributed by atoms with Crippen molar-refractivity contribution in [3.8, 4) is 5.82 Å². The van der Waals surface area contributed by atoms with E-state index in [0.29, 0.717) is 18.0 Å². The lowest BCUT2D eigenvalue weighted by molar-refractivity contribution is 0.0526. The van der Waals surface area contributed by atoms with Gasteiger partial charge in [-0.15, -0.1) is 0 Å². The molecule has 2 heterocycles. The van der Waals surface area contributed by atoms with Gasteiger partial charge in [0.25, 0.3) is 0 Å². The molecule has 0 bridgehead atoms. The lowest BCUT2D eigenvalue weighted by Crippen LogP contribution is -2.03. The van der Waals surface area contributed by atoms with Crippen LogP contribution in [0.5, 0.6) is 0 Å². The van der Waals surface area contributed by atoms with Crippen molar-refractivity contribution in [3.05, 3.63) is 36.2 Å². The van der Waals surface area contributed by atoms with Crippen LogP contribution < -0.4 is 5.32 Å². The number of hydrogen-bond donors (Lipinski definition) is 1. The summed E-state index contributed by atoms with van der Waals surface area (Å²) in [6.45, 7) is 2.11. The number of aromatic nitrogens is 3. The molecule has 0 unspecified atom stereocenters. The summed E-state index contributed by atoms with van der Waals surface area (Å²) < 4.78 is 6.43. The van der Waals surface area contributed by atoms with Crippen LogP contribution in [0.1, 0.15) is 17.3 Å². The van der Waals surface area contributed by atoms with Crippen molar-refractivity contribution in [1.29, 1.82) is 0 Å². The van der Waals surface area contributed by atoms with E-state index in [-0.39, 0.29) is 5.97 Å². The van der Waals surface area contributed by atoms with Gasteiger partial charge in [0.15, 0.2) is 5.82 Å². The van der Waals surface area contributed by atoms with Crippen LogP contribution in [0, 0.1) is 0 Å². The van der Waals surface area contributed by atoms with Gasteiger partial charge >= 0.3 is 5.97 Å². The summed E-state index contributed by atoms with van der Waals surface area (Å²) in [5.74, 6) is 0.992. The summed E-state index contributed by atoms with van der Waals surface area (Å²) in [5.41, 5.74) is 0.411. The molecule has 0 aliphatic heterocycles. The highest BCUT2D eigenvalue weighted by atomic mass is 16.5. The second kappa shape index (κ2) is 5.31. The van der Waals surface area contributed by atoms with Gasteiger partial charge in [-0.2, -0.15) is 5.10 Å². The van der Waals surface area contributed by atoms with Crippen LogP contribution in [-0.4, -0.2) is 34.4 Å². The number of anilines is 1. The Hall–Kier alpha value is -2.37. The van der Waals surface area contributed by atoms with E-state index >= 15 is 0 Å². The van der Waals surface area contributed by atoms with Crippen molar-refractivity contribution in [1.82, 2.24) is 14.8 Å². The molecule has 0 fully saturated rings. The van der Waals surface area contributed by atoms with Crippen LogP contribution in [0.2, 0.25) is 0 Å². The molecule has 0 aliphatic rings. The zero-order valence-electron chi connectivity index (χ0n) is 10.3. The molecule has 94 valence electrons. The summed E-state index contributed by atoms with van der Waals surface area (Å²) >= 11 is 0. The van der Waals surface area contributed by atoms with Gasteiger partial charge in [0, 0.05) is 13.2 Å². The number of ether oxygens (including phenoxy) is 1. The van der Waals surface area contributed by atoms with Gasteiger partial charge in [-0.3, -0.25) is 0 Å². The quantitative estimate of drug-likeness (QED) is 0.828. The lowest BCUT2D eigenvalue weighted by Gasteiger charge is -2.03. The van der Waals surface area contributed by atoms with E-state index in [9.17, 15) is 4.79 Å². The van der Waals surface area contributed by atoms with Crippen LogP contribution in [0.25, 0.3) is 5.82 Å². The Morgan fingerprint density at radius 3 is 3.06 bits per heavy atom. The van der Waals surface area contributed by atoms with E-state index in [1.54, 1.807) is 20.2 Å². The Morgan fingerprint density at radius 1 is 1.50 bits per heavy atom. The normalized spacial score (nSPS) is 10.1. The average molecular weight is 246 g/mol. The largest absolute Gasteiger partial charge is 0.462 e. The number of carbonyl (C=O) groups is 1. The smallest absolute Gasteiger partial charge is 0.341 e. The first-order chi connectivity index (χ1) is 8.74. The van der Waals surface area contributed by atoms with Gasteiger partial charge < -0.3 is 10.1 Å². The number of rotatable bonds is 4. The van der Waals surface area contributed by atoms with E-state index in [2.05, 4.69) is 15.4 Å². The Labute approximate surface area is 105 Å². The highest BCUT2D eigenvalue weighted by Gasteiger charge is 2.10. The molecule has 18 heavy (non-hydrogen) atoms. The van der Waals surface area contributed by atoms with Crippen LogP contribution in [0.3, 0.4) is 0 Å². The van der Waals surface area contributed by atoms with Crippen LogP contribution in [0.4, 0.5) is 5.82 Å². The van der Waals surface area contributed by atoms with E-state index in [4.69, 9.17) is 4.74 Å². The Balaban J connectivity index is 2.26. The molecule has 2 rings (SSSR count). The summed E-state index contributed by atoms with van der Waals surface area (Å²) in [6.07, 6.45) is 3.06. The van der Waals surface area contributed by atoms with E-state index in [1.807, 2.05) is 18.2 Å². The SMILES string of the molecule is CCOC(=O)c1cnn(-c2cccc(NC)n2)c1. The predicted octanol–water partition coefficient (Wildman–Crippen LogP) is 1.49. The first-order valence-electron chi connectivity index (χ1n) is 5.61. The Bertz CT molecular complexity index is 551. The standard InChI is InChI=1S/C12H14N4O2/c1-3-18-12(17)9-7-14-16(8-9)11-6-4-5-10(13-2)15-11/h4-8H,3H2,1-2H3,(H,13,15). The number of hydrogen-bond acceptors (Lipinski definition) is 5. The van der Waals surface area contributed by atoms with Crippen molar-refractivity contribution in [3.63, 3.8) is 0 Å². The minimum atomic E-state index is -0.381. The molecule has 0 atom stereocenters. The number of pyridine rings is 1. The zero-order chi connectivity index (χ0) is 13.0. The molecule has 2 aromatic heterocycles. The first-order valence-corrected chi connectivity index (χ1v) is 5.61. The van der Waals surface area contributed by atoms with Crippen molar-refractivity contribution in [2.75, 3.05) is 19.0 Å². The molecule has 6 heteroatoms. The van der Waals surface area contributed by atoms with Crippen molar-refractivity contribution >= 4 is 11.8 Å². The molecular weight excluding hydrogens is 232 g/mol. The number of carbonyl (C=O) groups excluding carboxylic acids is 1. The molecule has 0 aromatic carbocycles. The van der Waals surface area contributed by atoms with E-state index < -0.39 is 0 Å². The molecule has 1 N–H and O–H groups in total. The first kappa shape index (κ1) is 12.1. The predicted molar refractivity (Wildman–Crippen MR) is 66.9 cm³/mol. The maximum absolute atomic E-state index is 11.5. The molecule has 0 spiro atoms. The number of nitrogens with one attached hydrogen (secondary N) is 1. The van der Waals surface area contributed by atoms with Crippen LogP contribution >= 0.6 is 0 Å². The zero-order valence-corrected chi connectivity index (χ0v) is 10.3. The molecule has 0 radical (unpaired) electrons. The van der Waals surface area contributed by atoms with Crippen LogP contribution in [0.15, 0.2) is 30.6 Å². The Morgan fingerprint density at radius 2 is 2.33 bits per heavy atom. The summed E-state index contributed by atoms with van der Waals surface area (Å²) in [4.78, 5) is 15.8. The maximum atomic E-state index is 11.5. The highest BCUT2D eigenvalue weighted by Crippen LogP contribution is 2.10. The maximum Gasteiger partial charge on any atom is 0.341 e. The summed E-state index contributed by atoms with van der Waals surface area (Å²) in [5, 5.41) is 7.03. The second-order valence-electron chi connectivity index (χ2n) is 3.53. The molecule has 6 nitrogen and oxygen atoms in total. The van der Waals surface area contributed by atoms with Crippen molar-refractivity contribution in [2.45, 2.75) is 6.92 Å². The average Bonchev–Trinajstić information content (AvgIpc) is 2.89. The monoisotopic (exact) mass is 246 g/mol. The van der Waals surface area contributed by atoms with Gasteiger partial charge in [-0.25, -0.2) is 14.5 Å². The molecule has 0 saturated carbocycles. The van der Waals surface area contributed by atoms with Crippen molar-refractivity contribution in [2.24, 2.45) is 0 Å². The summed E-state index contributed by atoms with van der Waals surface area (Å²) in [7, 11) is 1.79. The molecule has 0 saturated heterocycles. The van der Waals surface area contributed by atoms with Gasteiger partial charge in [0.2, 0.25) is 0 Å². The topological polar surface area (TPSA) is 69.0 Å². The van der Waals surface area contributed by atoms with Gasteiger partial charge in [0.05, 0.1) is 18.4 Å². The van der Waals surface area contributed by atoms with Gasteiger partial charge in [0.1, 0.15) is 5.82 Å². The van der Waals surface area contributed by atoms with E-state index in [0.717, 1.165) is 5.82 Å². The molecule has 2 aromatic rings. The fraction of sp³-hybridized carbons (Fsp3) is 0.250. The molecule has 0 aliphatic carbocycles. The fourth-order valence-corrected chi connectivity index (χ4v) is 1.46. The van der Waals surface area contributed by atoms with Gasteiger partial charge in [-0.05, 0) is 19.1 Å². The molecule has 0 amide bonds. The third kappa shape index (κ3) is 2.48. The number of esters is 1. The lowest BCUT2D eigenvalue weighted by atomic mass is 10.4.